The van der Waals surface area contributed by atoms with Crippen LogP contribution >= 0.6 is 23.5 Å². The third kappa shape index (κ3) is 3.37. The highest BCUT2D eigenvalue weighted by atomic mass is 32.2. The molecule has 4 nitrogen and oxygen atoms in total. The lowest BCUT2D eigenvalue weighted by molar-refractivity contribution is -0.137. The van der Waals surface area contributed by atoms with Crippen LogP contribution in [0.2, 0.25) is 0 Å². The number of hydrogen-bond donors (Lipinski definition) is 1. The molecule has 2 aliphatic rings. The summed E-state index contributed by atoms with van der Waals surface area (Å²) in [7, 11) is 0. The lowest BCUT2D eigenvalue weighted by atomic mass is 9.80. The van der Waals surface area contributed by atoms with E-state index in [0.29, 0.717) is 17.6 Å². The van der Waals surface area contributed by atoms with E-state index in [-0.39, 0.29) is 6.42 Å². The summed E-state index contributed by atoms with van der Waals surface area (Å²) in [5, 5.41) is 11.6. The molecular formula is C15H20N2O2S2. The molecule has 0 amide bonds. The van der Waals surface area contributed by atoms with E-state index in [1.807, 2.05) is 11.8 Å². The van der Waals surface area contributed by atoms with Crippen molar-refractivity contribution in [3.8, 4) is 0 Å². The Morgan fingerprint density at radius 3 is 3.14 bits per heavy atom. The molecule has 3 atom stereocenters. The molecule has 0 radical (unpaired) electrons. The monoisotopic (exact) mass is 324 g/mol. The highest BCUT2D eigenvalue weighted by molar-refractivity contribution is 8.00. The van der Waals surface area contributed by atoms with Crippen molar-refractivity contribution >= 4 is 29.5 Å². The fraction of sp³-hybridized carbons (Fsp3) is 0.667. The van der Waals surface area contributed by atoms with Gasteiger partial charge in [-0.1, -0.05) is 13.3 Å². The first-order valence-corrected chi connectivity index (χ1v) is 9.38. The first-order valence-electron chi connectivity index (χ1n) is 7.51. The van der Waals surface area contributed by atoms with Crippen LogP contribution in [-0.2, 0) is 4.79 Å². The van der Waals surface area contributed by atoms with Crippen LogP contribution in [0.4, 0.5) is 0 Å². The number of nitrogens with zero attached hydrogens (tertiary/aromatic N) is 2. The summed E-state index contributed by atoms with van der Waals surface area (Å²) in [5.74, 6) is 1.51. The van der Waals surface area contributed by atoms with Gasteiger partial charge in [-0.3, -0.25) is 4.79 Å². The minimum Gasteiger partial charge on any atom is -0.481 e. The second-order valence-electron chi connectivity index (χ2n) is 5.92. The van der Waals surface area contributed by atoms with Gasteiger partial charge in [0.05, 0.1) is 0 Å². The summed E-state index contributed by atoms with van der Waals surface area (Å²) in [5.41, 5.74) is 1.35. The number of carboxylic acids is 1. The third-order valence-electron chi connectivity index (χ3n) is 4.27. The van der Waals surface area contributed by atoms with Gasteiger partial charge in [0.15, 0.2) is 0 Å². The van der Waals surface area contributed by atoms with E-state index in [4.69, 9.17) is 5.11 Å². The van der Waals surface area contributed by atoms with Crippen molar-refractivity contribution in [1.29, 1.82) is 0 Å². The van der Waals surface area contributed by atoms with E-state index in [1.165, 1.54) is 24.8 Å². The maximum absolute atomic E-state index is 10.6. The lowest BCUT2D eigenvalue weighted by Crippen LogP contribution is -2.21. The van der Waals surface area contributed by atoms with Crippen molar-refractivity contribution in [2.45, 2.75) is 60.2 Å². The molecule has 1 aromatic rings. The van der Waals surface area contributed by atoms with Gasteiger partial charge in [-0.15, -0.1) is 23.5 Å². The highest BCUT2D eigenvalue weighted by Crippen LogP contribution is 2.54. The second kappa shape index (κ2) is 6.57. The molecule has 21 heavy (non-hydrogen) atoms. The van der Waals surface area contributed by atoms with Crippen LogP contribution in [0.3, 0.4) is 0 Å². The molecule has 1 fully saturated rings. The normalized spacial score (nSPS) is 27.2. The number of aliphatic carboxylic acids is 1. The molecule has 2 heterocycles. The average molecular weight is 324 g/mol. The maximum Gasteiger partial charge on any atom is 0.303 e. The van der Waals surface area contributed by atoms with Crippen molar-refractivity contribution in [3.05, 3.63) is 11.9 Å². The Morgan fingerprint density at radius 2 is 2.33 bits per heavy atom. The molecule has 1 aromatic heterocycles. The Balaban J connectivity index is 1.70. The smallest absolute Gasteiger partial charge is 0.303 e. The molecule has 0 spiro atoms. The standard InChI is InChI=1S/C15H20N2O2S2/c1-9-4-5-10-11(7-9)21-15-13(10)14(16-8-17-15)20-6-2-3-12(18)19/h8-11H,2-7H2,1H3,(H,18,19). The first-order chi connectivity index (χ1) is 10.1. The van der Waals surface area contributed by atoms with E-state index >= 15 is 0 Å². The summed E-state index contributed by atoms with van der Waals surface area (Å²) in [4.78, 5) is 19.5. The highest BCUT2D eigenvalue weighted by Gasteiger charge is 2.40. The van der Waals surface area contributed by atoms with Crippen LogP contribution in [0.15, 0.2) is 16.4 Å². The predicted octanol–water partition coefficient (Wildman–Crippen LogP) is 3.81. The first kappa shape index (κ1) is 15.2. The van der Waals surface area contributed by atoms with Crippen LogP contribution < -0.4 is 0 Å². The van der Waals surface area contributed by atoms with E-state index < -0.39 is 5.97 Å². The van der Waals surface area contributed by atoms with Crippen molar-refractivity contribution in [2.24, 2.45) is 5.92 Å². The summed E-state index contributed by atoms with van der Waals surface area (Å²) in [6.45, 7) is 2.34. The molecule has 6 heteroatoms. The number of thioether (sulfide) groups is 2. The molecule has 1 saturated carbocycles. The number of rotatable bonds is 5. The van der Waals surface area contributed by atoms with Crippen LogP contribution in [0, 0.1) is 5.92 Å². The topological polar surface area (TPSA) is 63.1 Å². The molecule has 0 aromatic carbocycles. The van der Waals surface area contributed by atoms with Crippen molar-refractivity contribution in [3.63, 3.8) is 0 Å². The predicted molar refractivity (Wildman–Crippen MR) is 85.0 cm³/mol. The largest absolute Gasteiger partial charge is 0.481 e. The van der Waals surface area contributed by atoms with Gasteiger partial charge in [0.25, 0.3) is 0 Å². The molecule has 1 aliphatic heterocycles. The molecule has 3 rings (SSSR count). The zero-order valence-corrected chi connectivity index (χ0v) is 13.8. The number of hydrogen-bond acceptors (Lipinski definition) is 5. The summed E-state index contributed by atoms with van der Waals surface area (Å²) in [6, 6.07) is 0. The van der Waals surface area contributed by atoms with Crippen LogP contribution in [-0.4, -0.2) is 32.0 Å². The second-order valence-corrected chi connectivity index (χ2v) is 8.24. The van der Waals surface area contributed by atoms with Gasteiger partial charge < -0.3 is 5.11 Å². The zero-order valence-electron chi connectivity index (χ0n) is 12.1. The van der Waals surface area contributed by atoms with Crippen molar-refractivity contribution in [2.75, 3.05) is 5.75 Å². The minimum absolute atomic E-state index is 0.235. The van der Waals surface area contributed by atoms with Gasteiger partial charge >= 0.3 is 5.97 Å². The molecule has 0 saturated heterocycles. The van der Waals surface area contributed by atoms with Crippen LogP contribution in [0.25, 0.3) is 0 Å². The third-order valence-corrected chi connectivity index (χ3v) is 6.74. The van der Waals surface area contributed by atoms with Crippen molar-refractivity contribution < 1.29 is 9.90 Å². The number of carbonyl (C=O) groups is 1. The lowest BCUT2D eigenvalue weighted by Gasteiger charge is -2.29. The molecule has 114 valence electrons. The van der Waals surface area contributed by atoms with E-state index in [0.717, 1.165) is 21.7 Å². The summed E-state index contributed by atoms with van der Waals surface area (Å²) >= 11 is 3.62. The Labute approximate surface area is 133 Å². The Hall–Kier alpha value is -0.750. The Kier molecular flexibility index (Phi) is 4.74. The quantitative estimate of drug-likeness (QED) is 0.505. The van der Waals surface area contributed by atoms with E-state index in [1.54, 1.807) is 18.1 Å². The molecule has 1 N–H and O–H groups in total. The fourth-order valence-corrected chi connectivity index (χ4v) is 5.92. The fourth-order valence-electron chi connectivity index (χ4n) is 3.22. The van der Waals surface area contributed by atoms with E-state index in [2.05, 4.69) is 16.9 Å². The average Bonchev–Trinajstić information content (AvgIpc) is 2.81. The number of fused-ring (bicyclic) bond motifs is 3. The molecule has 1 aliphatic carbocycles. The van der Waals surface area contributed by atoms with Gasteiger partial charge in [0.1, 0.15) is 16.4 Å². The minimum atomic E-state index is -0.722. The summed E-state index contributed by atoms with van der Waals surface area (Å²) < 4.78 is 0. The maximum atomic E-state index is 10.6. The van der Waals surface area contributed by atoms with Gasteiger partial charge in [-0.25, -0.2) is 9.97 Å². The van der Waals surface area contributed by atoms with Gasteiger partial charge in [0, 0.05) is 28.9 Å². The molecule has 3 unspecified atom stereocenters. The van der Waals surface area contributed by atoms with Gasteiger partial charge in [-0.05, 0) is 25.2 Å². The molecule has 0 bridgehead atoms. The van der Waals surface area contributed by atoms with Gasteiger partial charge in [-0.2, -0.15) is 0 Å². The SMILES string of the molecule is CC1CCC2c3c(SCCCC(=O)O)ncnc3SC2C1. The zero-order chi connectivity index (χ0) is 14.8. The van der Waals surface area contributed by atoms with Gasteiger partial charge in [0.2, 0.25) is 0 Å². The summed E-state index contributed by atoms with van der Waals surface area (Å²) in [6.07, 6.45) is 6.39. The molecular weight excluding hydrogens is 304 g/mol. The number of carboxylic acid groups (broad SMARTS) is 1. The Morgan fingerprint density at radius 1 is 1.48 bits per heavy atom. The van der Waals surface area contributed by atoms with Crippen LogP contribution in [0.1, 0.15) is 50.5 Å². The number of aromatic nitrogens is 2. The Bertz CT molecular complexity index is 538. The van der Waals surface area contributed by atoms with Crippen LogP contribution in [0.5, 0.6) is 0 Å². The van der Waals surface area contributed by atoms with Crippen molar-refractivity contribution in [1.82, 2.24) is 9.97 Å². The van der Waals surface area contributed by atoms with E-state index in [9.17, 15) is 4.79 Å².